The van der Waals surface area contributed by atoms with E-state index in [1.807, 2.05) is 0 Å². The Hall–Kier alpha value is -3.21. The minimum absolute atomic E-state index is 0.246. The summed E-state index contributed by atoms with van der Waals surface area (Å²) in [6.07, 6.45) is 5.23. The van der Waals surface area contributed by atoms with Crippen molar-refractivity contribution in [2.75, 3.05) is 18.4 Å². The molecule has 11 heteroatoms. The average Bonchev–Trinajstić information content (AvgIpc) is 3.22. The van der Waals surface area contributed by atoms with Gasteiger partial charge in [0.05, 0.1) is 12.2 Å². The summed E-state index contributed by atoms with van der Waals surface area (Å²) in [6.45, 7) is 0.971. The van der Waals surface area contributed by atoms with Crippen LogP contribution in [0.15, 0.2) is 16.0 Å². The molecule has 0 bridgehead atoms. The number of hydrogen-bond acceptors (Lipinski definition) is 8. The Kier molecular flexibility index (Phi) is 3.69. The lowest BCUT2D eigenvalue weighted by Gasteiger charge is -2.03. The quantitative estimate of drug-likeness (QED) is 0.352. The van der Waals surface area contributed by atoms with Crippen molar-refractivity contribution in [1.82, 2.24) is 29.5 Å². The van der Waals surface area contributed by atoms with Gasteiger partial charge in [0.25, 0.3) is 5.62 Å². The number of hydrogen-bond donors (Lipinski definition) is 5. The lowest BCUT2D eigenvalue weighted by molar-refractivity contribution is 0.454. The Bertz CT molecular complexity index is 1090. The second kappa shape index (κ2) is 6.02. The van der Waals surface area contributed by atoms with Gasteiger partial charge in [-0.05, 0) is 18.9 Å². The minimum atomic E-state index is -0.496. The molecule has 1 fully saturated rings. The smallest absolute Gasteiger partial charge is 0.326 e. The second-order valence-electron chi connectivity index (χ2n) is 5.74. The van der Waals surface area contributed by atoms with Crippen LogP contribution in [-0.4, -0.2) is 53.8 Å². The van der Waals surface area contributed by atoms with Gasteiger partial charge < -0.3 is 21.1 Å². The number of nitrogens with two attached hydrogens (primary N) is 1. The van der Waals surface area contributed by atoms with Crippen LogP contribution in [0.1, 0.15) is 18.5 Å². The van der Waals surface area contributed by atoms with Crippen molar-refractivity contribution in [3.8, 4) is 5.88 Å². The zero-order valence-corrected chi connectivity index (χ0v) is 13.2. The lowest BCUT2D eigenvalue weighted by Crippen LogP contribution is -2.26. The van der Waals surface area contributed by atoms with E-state index in [1.54, 1.807) is 16.8 Å². The Labute approximate surface area is 140 Å². The maximum absolute atomic E-state index is 11.3. The molecule has 4 rings (SSSR count). The maximum Gasteiger partial charge on any atom is 0.326 e. The number of anilines is 1. The molecule has 3 aromatic rings. The summed E-state index contributed by atoms with van der Waals surface area (Å²) in [5.74, 6) is 0.155. The van der Waals surface area contributed by atoms with Crippen LogP contribution in [0.25, 0.3) is 11.7 Å². The summed E-state index contributed by atoms with van der Waals surface area (Å²) < 4.78 is 1.54. The number of aromatic nitrogens is 6. The number of H-pyrrole nitrogens is 2. The molecule has 0 atom stereocenters. The molecule has 1 saturated carbocycles. The number of imidazole rings is 1. The highest BCUT2D eigenvalue weighted by Crippen LogP contribution is 2.22. The van der Waals surface area contributed by atoms with Crippen LogP contribution in [-0.2, 0) is 0 Å². The first-order chi connectivity index (χ1) is 12.1. The van der Waals surface area contributed by atoms with E-state index in [-0.39, 0.29) is 17.6 Å². The molecule has 0 aromatic carbocycles. The van der Waals surface area contributed by atoms with E-state index in [0.717, 1.165) is 12.8 Å². The van der Waals surface area contributed by atoms with Crippen LogP contribution in [0.4, 0.5) is 5.95 Å². The number of nitrogens with one attached hydrogen (secondary N) is 3. The van der Waals surface area contributed by atoms with Crippen LogP contribution in [0.2, 0.25) is 0 Å². The first-order valence-electron chi connectivity index (χ1n) is 7.90. The van der Waals surface area contributed by atoms with E-state index in [0.29, 0.717) is 35.5 Å². The van der Waals surface area contributed by atoms with E-state index in [4.69, 9.17) is 5.73 Å². The molecule has 0 unspecified atom stereocenters. The molecular formula is C14H17N9O2. The summed E-state index contributed by atoms with van der Waals surface area (Å²) >= 11 is 0. The third-order valence-corrected chi connectivity index (χ3v) is 3.69. The summed E-state index contributed by atoms with van der Waals surface area (Å²) in [6, 6.07) is 0.266. The van der Waals surface area contributed by atoms with Crippen LogP contribution in [0.3, 0.4) is 0 Å². The third kappa shape index (κ3) is 3.08. The molecule has 25 heavy (non-hydrogen) atoms. The molecule has 0 amide bonds. The highest BCUT2D eigenvalue weighted by atomic mass is 16.3. The number of aromatic hydroxyl groups is 1. The van der Waals surface area contributed by atoms with Gasteiger partial charge in [0.2, 0.25) is 11.8 Å². The van der Waals surface area contributed by atoms with Gasteiger partial charge >= 0.3 is 5.69 Å². The molecule has 0 saturated heterocycles. The predicted octanol–water partition coefficient (Wildman–Crippen LogP) is -2.17. The third-order valence-electron chi connectivity index (χ3n) is 3.69. The topological polar surface area (TPSA) is 162 Å². The van der Waals surface area contributed by atoms with Crippen LogP contribution < -0.4 is 27.6 Å². The van der Waals surface area contributed by atoms with Gasteiger partial charge in [0, 0.05) is 18.3 Å². The highest BCUT2D eigenvalue weighted by molar-refractivity contribution is 5.57. The second-order valence-corrected chi connectivity index (χ2v) is 5.74. The lowest BCUT2D eigenvalue weighted by atomic mass is 10.3. The number of rotatable bonds is 5. The predicted molar refractivity (Wildman–Crippen MR) is 88.8 cm³/mol. The van der Waals surface area contributed by atoms with E-state index in [1.165, 1.54) is 0 Å². The largest absolute Gasteiger partial charge is 0.493 e. The first kappa shape index (κ1) is 15.3. The zero-order chi connectivity index (χ0) is 17.4. The maximum atomic E-state index is 11.3. The van der Waals surface area contributed by atoms with Gasteiger partial charge in [-0.15, -0.1) is 0 Å². The number of nitrogens with zero attached hydrogens (tertiary/aromatic N) is 5. The van der Waals surface area contributed by atoms with Crippen LogP contribution >= 0.6 is 0 Å². The van der Waals surface area contributed by atoms with E-state index in [9.17, 15) is 9.90 Å². The van der Waals surface area contributed by atoms with Crippen molar-refractivity contribution in [1.29, 1.82) is 0 Å². The summed E-state index contributed by atoms with van der Waals surface area (Å²) in [5, 5.41) is 17.7. The Morgan fingerprint density at radius 3 is 2.96 bits per heavy atom. The molecule has 11 nitrogen and oxygen atoms in total. The summed E-state index contributed by atoms with van der Waals surface area (Å²) in [7, 11) is 0. The number of aromatic amines is 2. The van der Waals surface area contributed by atoms with E-state index < -0.39 is 5.69 Å². The molecule has 0 spiro atoms. The highest BCUT2D eigenvalue weighted by Gasteiger charge is 2.20. The van der Waals surface area contributed by atoms with E-state index in [2.05, 4.69) is 35.3 Å². The molecule has 3 aromatic heterocycles. The molecule has 3 heterocycles. The van der Waals surface area contributed by atoms with Crippen molar-refractivity contribution >= 4 is 17.7 Å². The zero-order valence-electron chi connectivity index (χ0n) is 13.2. The molecular weight excluding hydrogens is 326 g/mol. The molecule has 130 valence electrons. The monoisotopic (exact) mass is 343 g/mol. The van der Waals surface area contributed by atoms with E-state index >= 15 is 0 Å². The van der Waals surface area contributed by atoms with Crippen molar-refractivity contribution in [2.24, 2.45) is 10.7 Å². The fourth-order valence-corrected chi connectivity index (χ4v) is 2.34. The Balaban J connectivity index is 1.91. The number of fused-ring (bicyclic) bond motifs is 1. The van der Waals surface area contributed by atoms with Crippen molar-refractivity contribution in [3.05, 3.63) is 33.2 Å². The first-order valence-corrected chi connectivity index (χ1v) is 7.90. The van der Waals surface area contributed by atoms with Crippen molar-refractivity contribution in [2.45, 2.75) is 18.9 Å². The molecule has 1 aliphatic carbocycles. The standard InChI is InChI=1S/C14H17N9O2/c15-3-4-16-12-20-10-7(5-9-11(24)21-14(25)19-9)6-17-23(10)13(22-12)18-8-1-2-8/h5-6,8,24H,1-4,15H2,(H,16,18,22)(H2,19,21,25). The van der Waals surface area contributed by atoms with Gasteiger partial charge in [-0.2, -0.15) is 19.6 Å². The van der Waals surface area contributed by atoms with Gasteiger partial charge in [-0.1, -0.05) is 0 Å². The molecule has 0 aliphatic heterocycles. The van der Waals surface area contributed by atoms with Crippen LogP contribution in [0.5, 0.6) is 5.88 Å². The Morgan fingerprint density at radius 1 is 1.44 bits per heavy atom. The van der Waals surface area contributed by atoms with Gasteiger partial charge in [0.1, 0.15) is 5.69 Å². The van der Waals surface area contributed by atoms with Crippen molar-refractivity contribution in [3.63, 3.8) is 0 Å². The minimum Gasteiger partial charge on any atom is -0.493 e. The van der Waals surface area contributed by atoms with Gasteiger partial charge in [0.15, 0.2) is 5.65 Å². The fraction of sp³-hybridized carbons (Fsp3) is 0.357. The summed E-state index contributed by atoms with van der Waals surface area (Å²) in [5.41, 5.74) is 6.24. The molecule has 6 N–H and O–H groups in total. The normalized spacial score (nSPS) is 16.0. The average molecular weight is 343 g/mol. The van der Waals surface area contributed by atoms with Gasteiger partial charge in [-0.3, -0.25) is 4.98 Å². The van der Waals surface area contributed by atoms with Gasteiger partial charge in [-0.25, -0.2) is 9.79 Å². The Morgan fingerprint density at radius 2 is 2.28 bits per heavy atom. The SMILES string of the molecule is NCCNc1nc(=NC2CC2)n2ncc(=Cc3[nH]c(=O)[nH]c3O)c2n1. The summed E-state index contributed by atoms with van der Waals surface area (Å²) in [4.78, 5) is 29.4. The van der Waals surface area contributed by atoms with Crippen molar-refractivity contribution < 1.29 is 5.11 Å². The molecule has 0 radical (unpaired) electrons. The molecule has 1 aliphatic rings. The van der Waals surface area contributed by atoms with Crippen LogP contribution in [0, 0.1) is 0 Å². The fourth-order valence-electron chi connectivity index (χ4n) is 2.34.